The standard InChI is InChI=1S/C14H19ClN2O3/c1-14(2,3)11(13(20)16-4)17-12(19)9-6-5-8(15)7-10(9)18/h5-7,11,18H,1-4H3,(H,16,20)(H,17,19)/t11-/m1/s1. The maximum Gasteiger partial charge on any atom is 0.255 e. The monoisotopic (exact) mass is 298 g/mol. The van der Waals surface area contributed by atoms with E-state index in [2.05, 4.69) is 10.6 Å². The second-order valence-electron chi connectivity index (χ2n) is 5.55. The van der Waals surface area contributed by atoms with Gasteiger partial charge in [0.05, 0.1) is 5.56 Å². The summed E-state index contributed by atoms with van der Waals surface area (Å²) in [7, 11) is 1.51. The van der Waals surface area contributed by atoms with E-state index in [9.17, 15) is 14.7 Å². The lowest BCUT2D eigenvalue weighted by Crippen LogP contribution is -2.52. The van der Waals surface area contributed by atoms with E-state index in [-0.39, 0.29) is 17.2 Å². The van der Waals surface area contributed by atoms with E-state index in [1.807, 2.05) is 20.8 Å². The van der Waals surface area contributed by atoms with E-state index in [0.717, 1.165) is 0 Å². The highest BCUT2D eigenvalue weighted by Crippen LogP contribution is 2.24. The van der Waals surface area contributed by atoms with Crippen molar-refractivity contribution in [3.63, 3.8) is 0 Å². The summed E-state index contributed by atoms with van der Waals surface area (Å²) in [5, 5.41) is 15.2. The molecule has 1 atom stereocenters. The number of likely N-dealkylation sites (N-methyl/N-ethyl adjacent to an activating group) is 1. The lowest BCUT2D eigenvalue weighted by atomic mass is 9.86. The molecule has 0 unspecified atom stereocenters. The van der Waals surface area contributed by atoms with Crippen LogP contribution in [-0.2, 0) is 4.79 Å². The minimum absolute atomic E-state index is 0.0764. The summed E-state index contributed by atoms with van der Waals surface area (Å²) in [6.07, 6.45) is 0. The molecule has 0 radical (unpaired) electrons. The third-order valence-corrected chi connectivity index (χ3v) is 3.09. The number of benzene rings is 1. The van der Waals surface area contributed by atoms with Gasteiger partial charge in [-0.3, -0.25) is 9.59 Å². The average Bonchev–Trinajstić information content (AvgIpc) is 2.33. The van der Waals surface area contributed by atoms with E-state index in [4.69, 9.17) is 11.6 Å². The van der Waals surface area contributed by atoms with Crippen LogP contribution in [0, 0.1) is 5.41 Å². The quantitative estimate of drug-likeness (QED) is 0.798. The summed E-state index contributed by atoms with van der Waals surface area (Å²) in [5.41, 5.74) is -0.384. The zero-order chi connectivity index (χ0) is 15.5. The molecule has 0 saturated heterocycles. The molecule has 0 heterocycles. The van der Waals surface area contributed by atoms with Gasteiger partial charge in [-0.15, -0.1) is 0 Å². The van der Waals surface area contributed by atoms with E-state index in [1.165, 1.54) is 25.2 Å². The van der Waals surface area contributed by atoms with Crippen molar-refractivity contribution in [3.8, 4) is 5.75 Å². The number of carbonyl (C=O) groups is 2. The fourth-order valence-corrected chi connectivity index (χ4v) is 1.89. The van der Waals surface area contributed by atoms with E-state index in [0.29, 0.717) is 5.02 Å². The summed E-state index contributed by atoms with van der Waals surface area (Å²) in [6, 6.07) is 3.48. The maximum atomic E-state index is 12.2. The zero-order valence-electron chi connectivity index (χ0n) is 12.0. The molecule has 20 heavy (non-hydrogen) atoms. The van der Waals surface area contributed by atoms with Crippen LogP contribution < -0.4 is 10.6 Å². The Labute approximate surface area is 123 Å². The van der Waals surface area contributed by atoms with Crippen LogP contribution >= 0.6 is 11.6 Å². The van der Waals surface area contributed by atoms with Crippen molar-refractivity contribution in [2.45, 2.75) is 26.8 Å². The van der Waals surface area contributed by atoms with Crippen LogP contribution in [0.2, 0.25) is 5.02 Å². The van der Waals surface area contributed by atoms with Gasteiger partial charge in [0.15, 0.2) is 0 Å². The number of rotatable bonds is 3. The number of aromatic hydroxyl groups is 1. The van der Waals surface area contributed by atoms with Gasteiger partial charge in [-0.05, 0) is 23.6 Å². The molecule has 0 fully saturated rings. The minimum Gasteiger partial charge on any atom is -0.507 e. The number of phenols is 1. The van der Waals surface area contributed by atoms with Crippen molar-refractivity contribution in [2.24, 2.45) is 5.41 Å². The number of amides is 2. The molecule has 110 valence electrons. The zero-order valence-corrected chi connectivity index (χ0v) is 12.7. The number of phenolic OH excluding ortho intramolecular Hbond substituents is 1. The van der Waals surface area contributed by atoms with Gasteiger partial charge in [-0.1, -0.05) is 32.4 Å². The third-order valence-electron chi connectivity index (χ3n) is 2.85. The van der Waals surface area contributed by atoms with Crippen LogP contribution in [0.25, 0.3) is 0 Å². The molecule has 0 bridgehead atoms. The van der Waals surface area contributed by atoms with Crippen molar-refractivity contribution in [2.75, 3.05) is 7.05 Å². The number of halogens is 1. The average molecular weight is 299 g/mol. The minimum atomic E-state index is -0.713. The highest BCUT2D eigenvalue weighted by Gasteiger charge is 2.32. The van der Waals surface area contributed by atoms with E-state index < -0.39 is 17.4 Å². The number of nitrogens with one attached hydrogen (secondary N) is 2. The van der Waals surface area contributed by atoms with Crippen molar-refractivity contribution in [1.29, 1.82) is 0 Å². The number of hydrogen-bond donors (Lipinski definition) is 3. The van der Waals surface area contributed by atoms with Crippen LogP contribution in [0.15, 0.2) is 18.2 Å². The van der Waals surface area contributed by atoms with Gasteiger partial charge in [-0.25, -0.2) is 0 Å². The summed E-state index contributed by atoms with van der Waals surface area (Å²) in [6.45, 7) is 5.53. The van der Waals surface area contributed by atoms with Gasteiger partial charge in [0.1, 0.15) is 11.8 Å². The smallest absolute Gasteiger partial charge is 0.255 e. The Morgan fingerprint density at radius 3 is 2.35 bits per heavy atom. The Balaban J connectivity index is 3.00. The fraction of sp³-hybridized carbons (Fsp3) is 0.429. The molecule has 1 aromatic rings. The first-order chi connectivity index (χ1) is 9.16. The molecule has 0 saturated carbocycles. The Kier molecular flexibility index (Phi) is 5.00. The first-order valence-electron chi connectivity index (χ1n) is 6.17. The van der Waals surface area contributed by atoms with Crippen LogP contribution in [0.3, 0.4) is 0 Å². The highest BCUT2D eigenvalue weighted by atomic mass is 35.5. The second kappa shape index (κ2) is 6.13. The topological polar surface area (TPSA) is 78.4 Å². The Bertz CT molecular complexity index is 524. The normalized spacial score (nSPS) is 12.7. The van der Waals surface area contributed by atoms with Gasteiger partial charge in [-0.2, -0.15) is 0 Å². The molecule has 0 aliphatic heterocycles. The predicted octanol–water partition coefficient (Wildman–Crippen LogP) is 1.94. The van der Waals surface area contributed by atoms with Crippen LogP contribution in [0.4, 0.5) is 0 Å². The molecule has 0 aromatic heterocycles. The molecule has 3 N–H and O–H groups in total. The van der Waals surface area contributed by atoms with E-state index >= 15 is 0 Å². The SMILES string of the molecule is CNC(=O)[C@@H](NC(=O)c1ccc(Cl)cc1O)C(C)(C)C. The van der Waals surface area contributed by atoms with Crippen LogP contribution in [0.5, 0.6) is 5.75 Å². The van der Waals surface area contributed by atoms with Crippen LogP contribution in [-0.4, -0.2) is 30.0 Å². The number of carbonyl (C=O) groups excluding carboxylic acids is 2. The molecule has 0 aliphatic rings. The molecule has 5 nitrogen and oxygen atoms in total. The Hall–Kier alpha value is -1.75. The van der Waals surface area contributed by atoms with Gasteiger partial charge < -0.3 is 15.7 Å². The van der Waals surface area contributed by atoms with Crippen molar-refractivity contribution >= 4 is 23.4 Å². The highest BCUT2D eigenvalue weighted by molar-refractivity contribution is 6.30. The van der Waals surface area contributed by atoms with Crippen molar-refractivity contribution in [3.05, 3.63) is 28.8 Å². The van der Waals surface area contributed by atoms with E-state index in [1.54, 1.807) is 0 Å². The molecule has 2 amide bonds. The summed E-state index contributed by atoms with van der Waals surface area (Å²) in [5.74, 6) is -1.04. The van der Waals surface area contributed by atoms with Gasteiger partial charge in [0.25, 0.3) is 5.91 Å². The Morgan fingerprint density at radius 2 is 1.90 bits per heavy atom. The second-order valence-corrected chi connectivity index (χ2v) is 5.98. The molecule has 1 rings (SSSR count). The van der Waals surface area contributed by atoms with Crippen LogP contribution in [0.1, 0.15) is 31.1 Å². The largest absolute Gasteiger partial charge is 0.507 e. The molecule has 0 aliphatic carbocycles. The van der Waals surface area contributed by atoms with Crippen molar-refractivity contribution in [1.82, 2.24) is 10.6 Å². The molecule has 0 spiro atoms. The van der Waals surface area contributed by atoms with Gasteiger partial charge in [0, 0.05) is 12.1 Å². The summed E-state index contributed by atoms with van der Waals surface area (Å²) in [4.78, 5) is 24.0. The lowest BCUT2D eigenvalue weighted by molar-refractivity contribution is -0.124. The third kappa shape index (κ3) is 3.87. The molecule has 6 heteroatoms. The van der Waals surface area contributed by atoms with Gasteiger partial charge in [0.2, 0.25) is 5.91 Å². The first-order valence-corrected chi connectivity index (χ1v) is 6.55. The van der Waals surface area contributed by atoms with Gasteiger partial charge >= 0.3 is 0 Å². The fourth-order valence-electron chi connectivity index (χ4n) is 1.73. The maximum absolute atomic E-state index is 12.2. The number of hydrogen-bond acceptors (Lipinski definition) is 3. The molecular weight excluding hydrogens is 280 g/mol. The Morgan fingerprint density at radius 1 is 1.30 bits per heavy atom. The summed E-state index contributed by atoms with van der Waals surface area (Å²) >= 11 is 5.72. The van der Waals surface area contributed by atoms with Crippen molar-refractivity contribution < 1.29 is 14.7 Å². The first kappa shape index (κ1) is 16.3. The summed E-state index contributed by atoms with van der Waals surface area (Å²) < 4.78 is 0. The molecular formula is C14H19ClN2O3. The molecule has 1 aromatic carbocycles. The lowest BCUT2D eigenvalue weighted by Gasteiger charge is -2.29. The predicted molar refractivity (Wildman–Crippen MR) is 77.9 cm³/mol.